The first-order chi connectivity index (χ1) is 11.6. The number of carbonyl (C=O) groups is 2. The smallest absolute Gasteiger partial charge is 0.258 e. The Balaban J connectivity index is 1.80. The number of hydrogen-bond acceptors (Lipinski definition) is 4. The third-order valence-corrected chi connectivity index (χ3v) is 4.04. The summed E-state index contributed by atoms with van der Waals surface area (Å²) in [5.41, 5.74) is 2.40. The van der Waals surface area contributed by atoms with Gasteiger partial charge in [-0.3, -0.25) is 9.59 Å². The van der Waals surface area contributed by atoms with Crippen molar-refractivity contribution in [3.05, 3.63) is 76.1 Å². The van der Waals surface area contributed by atoms with E-state index in [4.69, 9.17) is 0 Å². The summed E-state index contributed by atoms with van der Waals surface area (Å²) >= 11 is 1.44. The molecule has 0 aliphatic rings. The van der Waals surface area contributed by atoms with Crippen molar-refractivity contribution in [2.45, 2.75) is 6.92 Å². The van der Waals surface area contributed by atoms with Crippen molar-refractivity contribution in [3.8, 4) is 0 Å². The Labute approximate surface area is 143 Å². The van der Waals surface area contributed by atoms with Gasteiger partial charge in [-0.15, -0.1) is 0 Å². The monoisotopic (exact) mass is 337 g/mol. The van der Waals surface area contributed by atoms with Crippen molar-refractivity contribution in [2.24, 2.45) is 0 Å². The second-order valence-corrected chi connectivity index (χ2v) is 5.96. The summed E-state index contributed by atoms with van der Waals surface area (Å²) in [5.74, 6) is -0.0986. The number of thiophene rings is 1. The number of para-hydroxylation sites is 1. The van der Waals surface area contributed by atoms with Crippen LogP contribution < -0.4 is 10.6 Å². The Kier molecular flexibility index (Phi) is 4.67. The van der Waals surface area contributed by atoms with Crippen molar-refractivity contribution in [3.63, 3.8) is 0 Å². The highest BCUT2D eigenvalue weighted by atomic mass is 32.1. The van der Waals surface area contributed by atoms with Crippen LogP contribution in [0.15, 0.2) is 59.4 Å². The minimum absolute atomic E-state index is 0.245. The molecule has 24 heavy (non-hydrogen) atoms. The molecule has 0 aliphatic carbocycles. The van der Waals surface area contributed by atoms with Gasteiger partial charge in [-0.2, -0.15) is 11.3 Å². The zero-order valence-corrected chi connectivity index (χ0v) is 13.8. The van der Waals surface area contributed by atoms with E-state index in [-0.39, 0.29) is 11.8 Å². The Bertz CT molecular complexity index is 875. The van der Waals surface area contributed by atoms with Crippen LogP contribution in [0.1, 0.15) is 26.3 Å². The fourth-order valence-corrected chi connectivity index (χ4v) is 2.80. The first-order valence-electron chi connectivity index (χ1n) is 7.30. The van der Waals surface area contributed by atoms with E-state index in [0.717, 1.165) is 5.56 Å². The average molecular weight is 337 g/mol. The standard InChI is InChI=1S/C18H15N3O2S/c1-12-6-8-19-16(10-12)21-18(23)14-4-2-3-5-15(14)20-17(22)13-7-9-24-11-13/h2-11H,1H3,(H,20,22)(H,19,21,23). The van der Waals surface area contributed by atoms with E-state index in [1.807, 2.05) is 18.4 Å². The van der Waals surface area contributed by atoms with E-state index in [1.165, 1.54) is 11.3 Å². The van der Waals surface area contributed by atoms with Gasteiger partial charge >= 0.3 is 0 Å². The van der Waals surface area contributed by atoms with Crippen LogP contribution in [0.5, 0.6) is 0 Å². The summed E-state index contributed by atoms with van der Waals surface area (Å²) in [7, 11) is 0. The van der Waals surface area contributed by atoms with Crippen molar-refractivity contribution >= 4 is 34.7 Å². The number of aryl methyl sites for hydroxylation is 1. The van der Waals surface area contributed by atoms with Gasteiger partial charge in [0.1, 0.15) is 5.82 Å². The van der Waals surface area contributed by atoms with Crippen molar-refractivity contribution in [1.29, 1.82) is 0 Å². The Hall–Kier alpha value is -2.99. The molecule has 2 N–H and O–H groups in total. The SMILES string of the molecule is Cc1ccnc(NC(=O)c2ccccc2NC(=O)c2ccsc2)c1. The molecule has 5 nitrogen and oxygen atoms in total. The molecule has 0 fully saturated rings. The molecule has 1 aromatic carbocycles. The van der Waals surface area contributed by atoms with Gasteiger partial charge in [0.15, 0.2) is 0 Å². The van der Waals surface area contributed by atoms with Crippen LogP contribution in [-0.2, 0) is 0 Å². The van der Waals surface area contributed by atoms with Crippen molar-refractivity contribution in [2.75, 3.05) is 10.6 Å². The molecule has 3 aromatic rings. The van der Waals surface area contributed by atoms with Crippen molar-refractivity contribution in [1.82, 2.24) is 4.98 Å². The first-order valence-corrected chi connectivity index (χ1v) is 8.24. The quantitative estimate of drug-likeness (QED) is 0.757. The van der Waals surface area contributed by atoms with E-state index in [2.05, 4.69) is 15.6 Å². The molecule has 0 aliphatic heterocycles. The number of aromatic nitrogens is 1. The third-order valence-electron chi connectivity index (χ3n) is 3.36. The Morgan fingerprint density at radius 3 is 2.62 bits per heavy atom. The lowest BCUT2D eigenvalue weighted by molar-refractivity contribution is 0.102. The van der Waals surface area contributed by atoms with Crippen LogP contribution in [0.3, 0.4) is 0 Å². The molecule has 0 saturated heterocycles. The molecule has 0 atom stereocenters. The summed E-state index contributed by atoms with van der Waals surface area (Å²) < 4.78 is 0. The van der Waals surface area contributed by atoms with Gasteiger partial charge < -0.3 is 10.6 Å². The van der Waals surface area contributed by atoms with Crippen molar-refractivity contribution < 1.29 is 9.59 Å². The molecule has 2 aromatic heterocycles. The minimum atomic E-state index is -0.325. The number of carbonyl (C=O) groups excluding carboxylic acids is 2. The Morgan fingerprint density at radius 2 is 1.88 bits per heavy atom. The van der Waals surface area contributed by atoms with Crippen LogP contribution in [0.2, 0.25) is 0 Å². The van der Waals surface area contributed by atoms with Crippen LogP contribution in [0, 0.1) is 6.92 Å². The topological polar surface area (TPSA) is 71.1 Å². The predicted octanol–water partition coefficient (Wildman–Crippen LogP) is 3.96. The molecular weight excluding hydrogens is 322 g/mol. The zero-order valence-electron chi connectivity index (χ0n) is 12.9. The highest BCUT2D eigenvalue weighted by Crippen LogP contribution is 2.18. The van der Waals surface area contributed by atoms with Crippen LogP contribution in [0.4, 0.5) is 11.5 Å². The average Bonchev–Trinajstić information content (AvgIpc) is 3.10. The molecule has 120 valence electrons. The highest BCUT2D eigenvalue weighted by molar-refractivity contribution is 7.08. The third kappa shape index (κ3) is 3.67. The molecule has 0 radical (unpaired) electrons. The maximum atomic E-state index is 12.5. The molecule has 0 unspecified atom stereocenters. The number of nitrogens with one attached hydrogen (secondary N) is 2. The molecule has 0 spiro atoms. The number of hydrogen-bond donors (Lipinski definition) is 2. The second-order valence-electron chi connectivity index (χ2n) is 5.18. The Morgan fingerprint density at radius 1 is 1.04 bits per heavy atom. The van der Waals surface area contributed by atoms with Gasteiger partial charge in [-0.25, -0.2) is 4.98 Å². The summed E-state index contributed by atoms with van der Waals surface area (Å²) in [4.78, 5) is 28.8. The maximum absolute atomic E-state index is 12.5. The number of amides is 2. The number of rotatable bonds is 4. The minimum Gasteiger partial charge on any atom is -0.321 e. The lowest BCUT2D eigenvalue weighted by Gasteiger charge is -2.11. The van der Waals surface area contributed by atoms with Gasteiger partial charge in [0.25, 0.3) is 11.8 Å². The van der Waals surface area contributed by atoms with E-state index in [1.54, 1.807) is 48.0 Å². The normalized spacial score (nSPS) is 10.2. The predicted molar refractivity (Wildman–Crippen MR) is 95.6 cm³/mol. The lowest BCUT2D eigenvalue weighted by Crippen LogP contribution is -2.18. The molecule has 6 heteroatoms. The summed E-state index contributed by atoms with van der Waals surface area (Å²) in [6.07, 6.45) is 1.63. The summed E-state index contributed by atoms with van der Waals surface area (Å²) in [5, 5.41) is 9.11. The fraction of sp³-hybridized carbons (Fsp3) is 0.0556. The molecule has 2 heterocycles. The van der Waals surface area contributed by atoms with Gasteiger partial charge in [0, 0.05) is 11.6 Å². The van der Waals surface area contributed by atoms with E-state index in [9.17, 15) is 9.59 Å². The first kappa shape index (κ1) is 15.9. The van der Waals surface area contributed by atoms with Crippen LogP contribution >= 0.6 is 11.3 Å². The molecule has 0 bridgehead atoms. The lowest BCUT2D eigenvalue weighted by atomic mass is 10.1. The molecular formula is C18H15N3O2S. The van der Waals surface area contributed by atoms with Gasteiger partial charge in [-0.05, 0) is 48.2 Å². The van der Waals surface area contributed by atoms with Gasteiger partial charge in [0.05, 0.1) is 16.8 Å². The molecule has 0 saturated carbocycles. The number of nitrogens with zero attached hydrogens (tertiary/aromatic N) is 1. The zero-order chi connectivity index (χ0) is 16.9. The second kappa shape index (κ2) is 7.06. The van der Waals surface area contributed by atoms with Gasteiger partial charge in [0.2, 0.25) is 0 Å². The fourth-order valence-electron chi connectivity index (χ4n) is 2.17. The summed E-state index contributed by atoms with van der Waals surface area (Å²) in [6.45, 7) is 1.92. The molecule has 2 amide bonds. The van der Waals surface area contributed by atoms with E-state index in [0.29, 0.717) is 22.6 Å². The van der Waals surface area contributed by atoms with Crippen LogP contribution in [-0.4, -0.2) is 16.8 Å². The maximum Gasteiger partial charge on any atom is 0.258 e. The number of benzene rings is 1. The summed E-state index contributed by atoms with van der Waals surface area (Å²) in [6, 6.07) is 12.2. The number of anilines is 2. The van der Waals surface area contributed by atoms with E-state index < -0.39 is 0 Å². The van der Waals surface area contributed by atoms with E-state index >= 15 is 0 Å². The largest absolute Gasteiger partial charge is 0.321 e. The highest BCUT2D eigenvalue weighted by Gasteiger charge is 2.14. The number of pyridine rings is 1. The van der Waals surface area contributed by atoms with Crippen LogP contribution in [0.25, 0.3) is 0 Å². The molecule has 3 rings (SSSR count). The van der Waals surface area contributed by atoms with Gasteiger partial charge in [-0.1, -0.05) is 12.1 Å².